The molecule has 6 aromatic rings. The number of ether oxygens (including phenoxy) is 4. The fourth-order valence-corrected chi connectivity index (χ4v) is 10.6. The molecular weight excluding hydrogens is 725 g/mol. The van der Waals surface area contributed by atoms with Crippen LogP contribution < -0.4 is 18.9 Å². The second kappa shape index (κ2) is 15.3. The van der Waals surface area contributed by atoms with Crippen molar-refractivity contribution in [2.75, 3.05) is 40.4 Å². The lowest BCUT2D eigenvalue weighted by Gasteiger charge is -2.51. The Hall–Kier alpha value is -5.58. The molecular formula is C48H50N6O4. The number of fused-ring (bicyclic) bond motifs is 9. The van der Waals surface area contributed by atoms with E-state index in [0.29, 0.717) is 35.4 Å². The zero-order valence-electron chi connectivity index (χ0n) is 33.2. The van der Waals surface area contributed by atoms with Crippen molar-refractivity contribution in [1.82, 2.24) is 30.0 Å². The van der Waals surface area contributed by atoms with Crippen LogP contribution >= 0.6 is 0 Å². The molecule has 0 aliphatic carbocycles. The highest BCUT2D eigenvalue weighted by atomic mass is 16.5. The molecule has 3 aromatic carbocycles. The monoisotopic (exact) mass is 774 g/mol. The van der Waals surface area contributed by atoms with Crippen LogP contribution in [0.4, 0.5) is 0 Å². The van der Waals surface area contributed by atoms with Gasteiger partial charge in [-0.1, -0.05) is 24.3 Å². The highest BCUT2D eigenvalue weighted by Crippen LogP contribution is 2.47. The fraction of sp³-hybridized carbons (Fsp3) is 0.375. The number of rotatable bonds is 12. The number of methoxy groups -OCH3 is 2. The Morgan fingerprint density at radius 2 is 1.09 bits per heavy atom. The van der Waals surface area contributed by atoms with Crippen LogP contribution in [0.25, 0.3) is 32.6 Å². The fourth-order valence-electron chi connectivity index (χ4n) is 10.6. The van der Waals surface area contributed by atoms with Gasteiger partial charge in [-0.3, -0.25) is 19.8 Å². The largest absolute Gasteiger partial charge is 0.497 e. The van der Waals surface area contributed by atoms with Crippen molar-refractivity contribution in [2.45, 2.75) is 50.0 Å². The van der Waals surface area contributed by atoms with Gasteiger partial charge in [0.1, 0.15) is 23.7 Å². The summed E-state index contributed by atoms with van der Waals surface area (Å²) in [7, 11) is 3.40. The van der Waals surface area contributed by atoms with Gasteiger partial charge < -0.3 is 18.9 Å². The van der Waals surface area contributed by atoms with E-state index >= 15 is 0 Å². The Balaban J connectivity index is 1.07. The highest BCUT2D eigenvalue weighted by Gasteiger charge is 2.46. The van der Waals surface area contributed by atoms with E-state index in [9.17, 15) is 0 Å². The van der Waals surface area contributed by atoms with E-state index in [1.807, 2.05) is 48.8 Å². The molecule has 4 bridgehead atoms. The van der Waals surface area contributed by atoms with Gasteiger partial charge in [-0.2, -0.15) is 0 Å². The van der Waals surface area contributed by atoms with Gasteiger partial charge in [0.15, 0.2) is 0 Å². The van der Waals surface area contributed by atoms with Gasteiger partial charge in [0.25, 0.3) is 0 Å². The summed E-state index contributed by atoms with van der Waals surface area (Å²) in [6.07, 6.45) is 11.7. The van der Waals surface area contributed by atoms with E-state index in [1.165, 1.54) is 0 Å². The average Bonchev–Trinajstić information content (AvgIpc) is 3.29. The molecule has 296 valence electrons. The van der Waals surface area contributed by atoms with E-state index in [1.54, 1.807) is 14.2 Å². The van der Waals surface area contributed by atoms with Crippen molar-refractivity contribution in [2.24, 2.45) is 23.7 Å². The van der Waals surface area contributed by atoms with E-state index < -0.39 is 0 Å². The molecule has 10 heteroatoms. The first-order chi connectivity index (χ1) is 28.5. The van der Waals surface area contributed by atoms with Gasteiger partial charge in [-0.15, -0.1) is 23.4 Å². The van der Waals surface area contributed by atoms with E-state index in [4.69, 9.17) is 39.1 Å². The first-order valence-electron chi connectivity index (χ1n) is 20.7. The number of pyridine rings is 2. The molecule has 10 nitrogen and oxygen atoms in total. The van der Waals surface area contributed by atoms with Gasteiger partial charge in [0, 0.05) is 47.4 Å². The summed E-state index contributed by atoms with van der Waals surface area (Å²) >= 11 is 0. The second-order valence-electron chi connectivity index (χ2n) is 16.5. The molecule has 6 saturated heterocycles. The van der Waals surface area contributed by atoms with E-state index in [2.05, 4.69) is 71.5 Å². The summed E-state index contributed by atoms with van der Waals surface area (Å²) in [5.74, 6) is 4.57. The van der Waals surface area contributed by atoms with Gasteiger partial charge in [0.05, 0.1) is 48.1 Å². The maximum atomic E-state index is 7.26. The third-order valence-corrected chi connectivity index (χ3v) is 13.7. The molecule has 6 aliphatic rings. The quantitative estimate of drug-likeness (QED) is 0.112. The molecule has 12 rings (SSSR count). The Morgan fingerprint density at radius 3 is 1.48 bits per heavy atom. The molecule has 8 unspecified atom stereocenters. The van der Waals surface area contributed by atoms with Gasteiger partial charge in [-0.05, 0) is 123 Å². The summed E-state index contributed by atoms with van der Waals surface area (Å²) in [6, 6.07) is 24.7. The molecule has 0 amide bonds. The molecule has 6 aliphatic heterocycles. The second-order valence-corrected chi connectivity index (χ2v) is 16.5. The molecule has 0 saturated carbocycles. The van der Waals surface area contributed by atoms with E-state index in [0.717, 1.165) is 107 Å². The van der Waals surface area contributed by atoms with Crippen molar-refractivity contribution in [3.05, 3.63) is 122 Å². The van der Waals surface area contributed by atoms with Crippen LogP contribution in [0, 0.1) is 23.7 Å². The van der Waals surface area contributed by atoms with Gasteiger partial charge in [0.2, 0.25) is 11.8 Å². The molecule has 10 atom stereocenters. The number of aromatic nitrogens is 4. The smallest absolute Gasteiger partial charge is 0.242 e. The van der Waals surface area contributed by atoms with Crippen LogP contribution in [0.5, 0.6) is 23.3 Å². The SMILES string of the molecule is C=CC1CN2CCC1CC2[C@H](Oc1nnc(O[C@H](c2ccnc3ccc(OC)cc23)C2CC3CCN2CC3C=C)c2ccccc12)c1ccnc2ccc(OC)cc12. The predicted molar refractivity (Wildman–Crippen MR) is 226 cm³/mol. The van der Waals surface area contributed by atoms with Crippen LogP contribution in [-0.4, -0.2) is 82.4 Å². The lowest BCUT2D eigenvalue weighted by molar-refractivity contribution is -0.0382. The third-order valence-electron chi connectivity index (χ3n) is 13.7. The minimum atomic E-state index is -0.343. The molecule has 58 heavy (non-hydrogen) atoms. The first kappa shape index (κ1) is 36.7. The Morgan fingerprint density at radius 1 is 0.621 bits per heavy atom. The lowest BCUT2D eigenvalue weighted by Crippen LogP contribution is -2.55. The van der Waals surface area contributed by atoms with Gasteiger partial charge in [-0.25, -0.2) is 0 Å². The maximum absolute atomic E-state index is 7.26. The van der Waals surface area contributed by atoms with Crippen LogP contribution in [0.15, 0.2) is 111 Å². The van der Waals surface area contributed by atoms with Crippen LogP contribution in [0.2, 0.25) is 0 Å². The van der Waals surface area contributed by atoms with Crippen molar-refractivity contribution in [3.8, 4) is 23.3 Å². The van der Waals surface area contributed by atoms with Crippen molar-refractivity contribution < 1.29 is 18.9 Å². The minimum Gasteiger partial charge on any atom is -0.497 e. The molecule has 6 fully saturated rings. The number of nitrogens with zero attached hydrogens (tertiary/aromatic N) is 6. The summed E-state index contributed by atoms with van der Waals surface area (Å²) in [5.41, 5.74) is 3.90. The van der Waals surface area contributed by atoms with Crippen LogP contribution in [0.1, 0.15) is 49.0 Å². The Kier molecular flexibility index (Phi) is 9.69. The Labute approximate surface area is 339 Å². The minimum absolute atomic E-state index is 0.125. The number of piperidine rings is 6. The first-order valence-corrected chi connectivity index (χ1v) is 20.7. The molecule has 0 spiro atoms. The number of hydrogen-bond acceptors (Lipinski definition) is 10. The van der Waals surface area contributed by atoms with Crippen LogP contribution in [-0.2, 0) is 0 Å². The zero-order valence-corrected chi connectivity index (χ0v) is 33.2. The lowest BCUT2D eigenvalue weighted by atomic mass is 9.73. The maximum Gasteiger partial charge on any atom is 0.242 e. The van der Waals surface area contributed by atoms with E-state index in [-0.39, 0.29) is 24.3 Å². The average molecular weight is 775 g/mol. The molecule has 0 radical (unpaired) electrons. The third kappa shape index (κ3) is 6.43. The van der Waals surface area contributed by atoms with Crippen molar-refractivity contribution in [1.29, 1.82) is 0 Å². The highest BCUT2D eigenvalue weighted by molar-refractivity contribution is 5.91. The predicted octanol–water partition coefficient (Wildman–Crippen LogP) is 8.78. The zero-order chi connectivity index (χ0) is 39.3. The van der Waals surface area contributed by atoms with Crippen molar-refractivity contribution >= 4 is 32.6 Å². The van der Waals surface area contributed by atoms with Crippen LogP contribution in [0.3, 0.4) is 0 Å². The Bertz CT molecular complexity index is 2340. The number of benzene rings is 3. The normalized spacial score (nSPS) is 27.3. The summed E-state index contributed by atoms with van der Waals surface area (Å²) < 4.78 is 25.9. The van der Waals surface area contributed by atoms with Crippen molar-refractivity contribution in [3.63, 3.8) is 0 Å². The summed E-state index contributed by atoms with van der Waals surface area (Å²) in [4.78, 5) is 14.6. The standard InChI is InChI=1S/C48H50N6O4/c1-5-29-27-53-21-17-31(29)23-43(53)45(35-15-19-49-41-13-11-33(55-3)25-39(35)41)57-47-37-9-7-8-10-38(37)48(52-51-47)58-46(44-24-32-18-22-54(44)28-30(32)6-2)36-16-20-50-42-14-12-34(56-4)26-40(36)42/h5-16,19-20,25-26,29-32,43-46H,1-2,17-18,21-24,27-28H2,3-4H3/t29?,30?,31?,32?,43?,44?,45-,46-/m1/s1. The molecule has 3 aromatic heterocycles. The molecule has 9 heterocycles. The molecule has 0 N–H and O–H groups in total. The van der Waals surface area contributed by atoms with Gasteiger partial charge >= 0.3 is 0 Å². The summed E-state index contributed by atoms with van der Waals surface area (Å²) in [5, 5.41) is 13.5. The summed E-state index contributed by atoms with van der Waals surface area (Å²) in [6.45, 7) is 12.3. The topological polar surface area (TPSA) is 95.0 Å². The number of hydrogen-bond donors (Lipinski definition) is 0.